The Morgan fingerprint density at radius 2 is 1.70 bits per heavy atom. The van der Waals surface area contributed by atoms with Crippen LogP contribution in [-0.2, 0) is 11.3 Å². The predicted octanol–water partition coefficient (Wildman–Crippen LogP) is 6.02. The first-order chi connectivity index (χ1) is 22.4. The van der Waals surface area contributed by atoms with Gasteiger partial charge in [0, 0.05) is 33.9 Å². The predicted molar refractivity (Wildman–Crippen MR) is 179 cm³/mol. The van der Waals surface area contributed by atoms with Gasteiger partial charge < -0.3 is 14.6 Å². The van der Waals surface area contributed by atoms with E-state index in [9.17, 15) is 14.0 Å². The molecule has 0 spiro atoms. The molecule has 0 aliphatic carbocycles. The molecule has 3 heterocycles. The number of nitrogens with zero attached hydrogens (tertiary/aromatic N) is 3. The minimum Gasteiger partial charge on any atom is -0.497 e. The zero-order valence-electron chi connectivity index (χ0n) is 25.1. The molecule has 1 atom stereocenters. The van der Waals surface area contributed by atoms with Gasteiger partial charge in [0.05, 0.1) is 35.5 Å². The Labute approximate surface area is 267 Å². The maximum atomic E-state index is 14.6. The molecule has 228 valence electrons. The van der Waals surface area contributed by atoms with E-state index in [0.717, 1.165) is 22.0 Å². The van der Waals surface area contributed by atoms with E-state index in [-0.39, 0.29) is 17.3 Å². The molecule has 4 aromatic carbocycles. The molecule has 0 radical (unpaired) electrons. The highest BCUT2D eigenvalue weighted by molar-refractivity contribution is 7.07. The van der Waals surface area contributed by atoms with E-state index in [1.165, 1.54) is 17.4 Å². The van der Waals surface area contributed by atoms with Gasteiger partial charge in [-0.05, 0) is 55.0 Å². The van der Waals surface area contributed by atoms with Crippen LogP contribution >= 0.6 is 11.3 Å². The first-order valence-corrected chi connectivity index (χ1v) is 15.6. The van der Waals surface area contributed by atoms with E-state index in [4.69, 9.17) is 9.73 Å². The number of thiazole rings is 1. The first kappa shape index (κ1) is 29.2. The molecule has 0 bridgehead atoms. The van der Waals surface area contributed by atoms with Gasteiger partial charge in [-0.1, -0.05) is 78.1 Å². The summed E-state index contributed by atoms with van der Waals surface area (Å²) in [6, 6.07) is 30.4. The van der Waals surface area contributed by atoms with Gasteiger partial charge in [0.25, 0.3) is 11.5 Å². The molecule has 7 nitrogen and oxygen atoms in total. The lowest BCUT2D eigenvalue weighted by Crippen LogP contribution is -2.40. The van der Waals surface area contributed by atoms with Crippen molar-refractivity contribution in [1.82, 2.24) is 9.13 Å². The number of fused-ring (bicyclic) bond motifs is 2. The molecular weight excluding hydrogens is 599 g/mol. The van der Waals surface area contributed by atoms with Crippen molar-refractivity contribution in [3.05, 3.63) is 163 Å². The van der Waals surface area contributed by atoms with Gasteiger partial charge in [-0.25, -0.2) is 9.38 Å². The van der Waals surface area contributed by atoms with Crippen molar-refractivity contribution in [3.63, 3.8) is 0 Å². The standard InChI is InChI=1S/C37H29FN4O3S/c1-23-33(35(43)40-27-11-4-3-5-12-27)34(24-16-18-28(45-2)19-17-24)42-36(44)32(46-37(42)39-23)20-26-22-41(31-15-9-7-13-29(26)31)21-25-10-6-8-14-30(25)38/h3-20,22,34H,21H2,1-2H3,(H,40,43)/b32-20+. The van der Waals surface area contributed by atoms with E-state index in [2.05, 4.69) is 5.32 Å². The number of carbonyl (C=O) groups excluding carboxylic acids is 1. The average molecular weight is 629 g/mol. The molecule has 0 saturated carbocycles. The summed E-state index contributed by atoms with van der Waals surface area (Å²) in [6.45, 7) is 2.14. The van der Waals surface area contributed by atoms with Crippen molar-refractivity contribution >= 4 is 39.9 Å². The number of nitrogens with one attached hydrogen (secondary N) is 1. The first-order valence-electron chi connectivity index (χ1n) is 14.8. The number of aromatic nitrogens is 2. The second-order valence-electron chi connectivity index (χ2n) is 11.0. The van der Waals surface area contributed by atoms with Gasteiger partial charge in [0.15, 0.2) is 4.80 Å². The molecule has 6 aromatic rings. The van der Waals surface area contributed by atoms with Crippen LogP contribution in [-0.4, -0.2) is 22.2 Å². The monoisotopic (exact) mass is 628 g/mol. The zero-order valence-corrected chi connectivity index (χ0v) is 25.9. The molecule has 0 saturated heterocycles. The normalized spacial score (nSPS) is 14.7. The van der Waals surface area contributed by atoms with Crippen LogP contribution in [0.2, 0.25) is 0 Å². The fraction of sp³-hybridized carbons (Fsp3) is 0.108. The second kappa shape index (κ2) is 12.1. The van der Waals surface area contributed by atoms with Crippen LogP contribution in [0.4, 0.5) is 10.1 Å². The molecular formula is C37H29FN4O3S. The fourth-order valence-electron chi connectivity index (χ4n) is 5.91. The number of rotatable bonds is 7. The SMILES string of the molecule is COc1ccc(C2C(C(=O)Nc3ccccc3)=C(C)N=c3s/c(=C/c4cn(Cc5ccccc5F)c5ccccc45)c(=O)n32)cc1. The zero-order chi connectivity index (χ0) is 31.8. The Morgan fingerprint density at radius 1 is 0.978 bits per heavy atom. The lowest BCUT2D eigenvalue weighted by Gasteiger charge is -2.25. The van der Waals surface area contributed by atoms with Crippen molar-refractivity contribution in [2.45, 2.75) is 19.5 Å². The summed E-state index contributed by atoms with van der Waals surface area (Å²) in [5.41, 5.74) is 4.39. The van der Waals surface area contributed by atoms with E-state index in [0.29, 0.717) is 44.1 Å². The number of amides is 1. The maximum Gasteiger partial charge on any atom is 0.271 e. The topological polar surface area (TPSA) is 77.6 Å². The smallest absolute Gasteiger partial charge is 0.271 e. The van der Waals surface area contributed by atoms with Crippen molar-refractivity contribution in [3.8, 4) is 5.75 Å². The molecule has 7 rings (SSSR count). The van der Waals surface area contributed by atoms with E-state index in [1.54, 1.807) is 30.7 Å². The summed E-state index contributed by atoms with van der Waals surface area (Å²) in [5, 5.41) is 3.92. The number of hydrogen-bond donors (Lipinski definition) is 1. The Hall–Kier alpha value is -5.54. The summed E-state index contributed by atoms with van der Waals surface area (Å²) >= 11 is 1.28. The Kier molecular flexibility index (Phi) is 7.68. The molecule has 46 heavy (non-hydrogen) atoms. The third kappa shape index (κ3) is 5.35. The van der Waals surface area contributed by atoms with Gasteiger partial charge in [0.1, 0.15) is 11.6 Å². The molecule has 1 aliphatic rings. The number of benzene rings is 4. The van der Waals surface area contributed by atoms with Crippen LogP contribution in [0.1, 0.15) is 29.7 Å². The highest BCUT2D eigenvalue weighted by Gasteiger charge is 2.32. The Morgan fingerprint density at radius 3 is 2.46 bits per heavy atom. The van der Waals surface area contributed by atoms with Gasteiger partial charge in [-0.3, -0.25) is 14.2 Å². The largest absolute Gasteiger partial charge is 0.497 e. The summed E-state index contributed by atoms with van der Waals surface area (Å²) < 4.78 is 24.0. The number of anilines is 1. The Balaban J connectivity index is 1.36. The number of methoxy groups -OCH3 is 1. The minimum absolute atomic E-state index is 0.256. The lowest BCUT2D eigenvalue weighted by molar-refractivity contribution is -0.113. The number of hydrogen-bond acceptors (Lipinski definition) is 5. The molecule has 1 aliphatic heterocycles. The highest BCUT2D eigenvalue weighted by Crippen LogP contribution is 2.32. The van der Waals surface area contributed by atoms with Crippen LogP contribution in [0.3, 0.4) is 0 Å². The van der Waals surface area contributed by atoms with Gasteiger partial charge in [-0.15, -0.1) is 0 Å². The van der Waals surface area contributed by atoms with E-state index >= 15 is 0 Å². The summed E-state index contributed by atoms with van der Waals surface area (Å²) in [7, 11) is 1.59. The number of halogens is 1. The van der Waals surface area contributed by atoms with Crippen molar-refractivity contribution in [2.24, 2.45) is 4.99 Å². The third-order valence-corrected chi connectivity index (χ3v) is 9.12. The number of para-hydroxylation sites is 2. The Bertz CT molecular complexity index is 2320. The highest BCUT2D eigenvalue weighted by atomic mass is 32.1. The summed E-state index contributed by atoms with van der Waals surface area (Å²) in [6.07, 6.45) is 3.80. The lowest BCUT2D eigenvalue weighted by atomic mass is 9.95. The van der Waals surface area contributed by atoms with Crippen LogP contribution in [0.15, 0.2) is 130 Å². The fourth-order valence-corrected chi connectivity index (χ4v) is 6.94. The molecule has 1 N–H and O–H groups in total. The van der Waals surface area contributed by atoms with Gasteiger partial charge >= 0.3 is 0 Å². The van der Waals surface area contributed by atoms with Gasteiger partial charge in [-0.2, -0.15) is 0 Å². The van der Waals surface area contributed by atoms with Crippen molar-refractivity contribution < 1.29 is 13.9 Å². The molecule has 2 aromatic heterocycles. The van der Waals surface area contributed by atoms with Crippen LogP contribution < -0.4 is 24.9 Å². The van der Waals surface area contributed by atoms with Gasteiger partial charge in [0.2, 0.25) is 0 Å². The number of allylic oxidation sites excluding steroid dienone is 1. The van der Waals surface area contributed by atoms with Crippen LogP contribution in [0.25, 0.3) is 17.0 Å². The molecule has 9 heteroatoms. The number of ether oxygens (including phenoxy) is 1. The molecule has 1 unspecified atom stereocenters. The van der Waals surface area contributed by atoms with E-state index in [1.807, 2.05) is 102 Å². The molecule has 1 amide bonds. The summed E-state index contributed by atoms with van der Waals surface area (Å²) in [4.78, 5) is 33.4. The third-order valence-electron chi connectivity index (χ3n) is 8.13. The average Bonchev–Trinajstić information content (AvgIpc) is 3.57. The van der Waals surface area contributed by atoms with Crippen molar-refractivity contribution in [1.29, 1.82) is 0 Å². The van der Waals surface area contributed by atoms with Crippen molar-refractivity contribution in [2.75, 3.05) is 12.4 Å². The second-order valence-corrected chi connectivity index (χ2v) is 12.0. The van der Waals surface area contributed by atoms with Crippen LogP contribution in [0, 0.1) is 5.82 Å². The van der Waals surface area contributed by atoms with E-state index < -0.39 is 6.04 Å². The number of carbonyl (C=O) groups is 1. The maximum absolute atomic E-state index is 14.6. The van der Waals surface area contributed by atoms with Crippen LogP contribution in [0.5, 0.6) is 5.75 Å². The minimum atomic E-state index is -0.713. The summed E-state index contributed by atoms with van der Waals surface area (Å²) in [5.74, 6) is 0.0637. The quantitative estimate of drug-likeness (QED) is 0.235. The molecule has 0 fully saturated rings.